The maximum atomic E-state index is 6.45. The van der Waals surface area contributed by atoms with Crippen molar-refractivity contribution in [2.45, 2.75) is 44.9 Å². The first-order valence-corrected chi connectivity index (χ1v) is 7.43. The van der Waals surface area contributed by atoms with Crippen molar-refractivity contribution in [2.75, 3.05) is 20.3 Å². The molecule has 0 radical (unpaired) electrons. The molecule has 1 saturated carbocycles. The van der Waals surface area contributed by atoms with Gasteiger partial charge in [0.1, 0.15) is 0 Å². The quantitative estimate of drug-likeness (QED) is 0.914. The zero-order valence-corrected chi connectivity index (χ0v) is 12.6. The molecule has 1 aliphatic heterocycles. The third-order valence-corrected chi connectivity index (χ3v) is 5.26. The van der Waals surface area contributed by atoms with Crippen LogP contribution in [0, 0.1) is 11.3 Å². The van der Waals surface area contributed by atoms with Crippen LogP contribution in [0.2, 0.25) is 0 Å². The van der Waals surface area contributed by atoms with Gasteiger partial charge in [-0.3, -0.25) is 0 Å². The first kappa shape index (κ1) is 14.0. The maximum Gasteiger partial charge on any atom is 0.0951 e. The number of methoxy groups -OCH3 is 1. The SMILES string of the molecule is COC1CC(n2cncc2C(N)C2CCOC2)C1(C)C. The topological polar surface area (TPSA) is 62.3 Å². The van der Waals surface area contributed by atoms with Gasteiger partial charge in [0.15, 0.2) is 0 Å². The van der Waals surface area contributed by atoms with E-state index in [9.17, 15) is 0 Å². The molecule has 2 N–H and O–H groups in total. The fourth-order valence-electron chi connectivity index (χ4n) is 3.65. The van der Waals surface area contributed by atoms with E-state index in [1.807, 2.05) is 12.5 Å². The molecular weight excluding hydrogens is 254 g/mol. The van der Waals surface area contributed by atoms with Crippen molar-refractivity contribution in [3.8, 4) is 0 Å². The molecule has 0 aromatic carbocycles. The van der Waals surface area contributed by atoms with Crippen LogP contribution in [0.4, 0.5) is 0 Å². The summed E-state index contributed by atoms with van der Waals surface area (Å²) >= 11 is 0. The summed E-state index contributed by atoms with van der Waals surface area (Å²) in [6, 6.07) is 0.427. The molecule has 2 heterocycles. The van der Waals surface area contributed by atoms with Gasteiger partial charge in [0, 0.05) is 37.3 Å². The lowest BCUT2D eigenvalue weighted by molar-refractivity contribution is -0.113. The fourth-order valence-corrected chi connectivity index (χ4v) is 3.65. The van der Waals surface area contributed by atoms with Gasteiger partial charge in [-0.1, -0.05) is 13.8 Å². The third-order valence-electron chi connectivity index (χ3n) is 5.26. The number of ether oxygens (including phenoxy) is 2. The number of nitrogens with two attached hydrogens (primary N) is 1. The smallest absolute Gasteiger partial charge is 0.0951 e. The number of imidazole rings is 1. The van der Waals surface area contributed by atoms with Gasteiger partial charge in [0.2, 0.25) is 0 Å². The average molecular weight is 279 g/mol. The Kier molecular flexibility index (Phi) is 3.60. The van der Waals surface area contributed by atoms with Crippen molar-refractivity contribution in [1.29, 1.82) is 0 Å². The normalized spacial score (nSPS) is 33.9. The van der Waals surface area contributed by atoms with E-state index in [0.717, 1.165) is 31.7 Å². The highest BCUT2D eigenvalue weighted by molar-refractivity contribution is 5.13. The van der Waals surface area contributed by atoms with Gasteiger partial charge >= 0.3 is 0 Å². The van der Waals surface area contributed by atoms with E-state index in [1.165, 1.54) is 0 Å². The zero-order valence-electron chi connectivity index (χ0n) is 12.6. The molecule has 112 valence electrons. The van der Waals surface area contributed by atoms with Crippen molar-refractivity contribution >= 4 is 0 Å². The Balaban J connectivity index is 1.80. The van der Waals surface area contributed by atoms with E-state index in [0.29, 0.717) is 18.1 Å². The average Bonchev–Trinajstić information content (AvgIpc) is 3.08. The lowest BCUT2D eigenvalue weighted by atomic mass is 9.64. The molecule has 1 aromatic heterocycles. The molecule has 1 saturated heterocycles. The number of hydrogen-bond donors (Lipinski definition) is 1. The molecule has 0 bridgehead atoms. The Bertz CT molecular complexity index is 465. The van der Waals surface area contributed by atoms with Gasteiger partial charge in [0.05, 0.1) is 30.8 Å². The molecular formula is C15H25N3O2. The Labute approximate surface area is 120 Å². The van der Waals surface area contributed by atoms with Crippen LogP contribution in [0.3, 0.4) is 0 Å². The van der Waals surface area contributed by atoms with Crippen LogP contribution in [0.25, 0.3) is 0 Å². The summed E-state index contributed by atoms with van der Waals surface area (Å²) in [4.78, 5) is 4.34. The minimum atomic E-state index is 0.0115. The van der Waals surface area contributed by atoms with Crippen molar-refractivity contribution in [3.05, 3.63) is 18.2 Å². The van der Waals surface area contributed by atoms with E-state index in [-0.39, 0.29) is 11.5 Å². The standard InChI is InChI=1S/C15H25N3O2/c1-15(2)12(6-13(15)19-3)18-9-17-7-11(18)14(16)10-4-5-20-8-10/h7,9-10,12-14H,4-6,8,16H2,1-3H3. The Morgan fingerprint density at radius 2 is 2.35 bits per heavy atom. The molecule has 5 nitrogen and oxygen atoms in total. The van der Waals surface area contributed by atoms with Crippen LogP contribution in [-0.4, -0.2) is 36.0 Å². The molecule has 4 unspecified atom stereocenters. The van der Waals surface area contributed by atoms with Crippen molar-refractivity contribution in [3.63, 3.8) is 0 Å². The molecule has 1 aliphatic carbocycles. The van der Waals surface area contributed by atoms with Gasteiger partial charge in [-0.2, -0.15) is 0 Å². The first-order chi connectivity index (χ1) is 9.55. The Morgan fingerprint density at radius 3 is 2.95 bits per heavy atom. The second-order valence-electron chi connectivity index (χ2n) is 6.67. The Hall–Kier alpha value is -0.910. The maximum absolute atomic E-state index is 6.45. The largest absolute Gasteiger partial charge is 0.381 e. The molecule has 1 aromatic rings. The van der Waals surface area contributed by atoms with E-state index in [2.05, 4.69) is 23.4 Å². The van der Waals surface area contributed by atoms with Gasteiger partial charge in [-0.25, -0.2) is 4.98 Å². The minimum Gasteiger partial charge on any atom is -0.381 e. The monoisotopic (exact) mass is 279 g/mol. The molecule has 0 amide bonds. The van der Waals surface area contributed by atoms with Gasteiger partial charge in [-0.05, 0) is 12.8 Å². The summed E-state index contributed by atoms with van der Waals surface area (Å²) in [7, 11) is 1.79. The van der Waals surface area contributed by atoms with E-state index < -0.39 is 0 Å². The number of rotatable bonds is 4. The molecule has 20 heavy (non-hydrogen) atoms. The third kappa shape index (κ3) is 2.08. The summed E-state index contributed by atoms with van der Waals surface area (Å²) in [5.74, 6) is 0.409. The molecule has 0 spiro atoms. The predicted molar refractivity (Wildman–Crippen MR) is 76.3 cm³/mol. The second kappa shape index (κ2) is 5.13. The van der Waals surface area contributed by atoms with Gasteiger partial charge < -0.3 is 19.8 Å². The van der Waals surface area contributed by atoms with Crippen molar-refractivity contribution in [2.24, 2.45) is 17.1 Å². The van der Waals surface area contributed by atoms with Crippen LogP contribution < -0.4 is 5.73 Å². The molecule has 5 heteroatoms. The molecule has 3 rings (SSSR count). The predicted octanol–water partition coefficient (Wildman–Crippen LogP) is 1.91. The fraction of sp³-hybridized carbons (Fsp3) is 0.800. The van der Waals surface area contributed by atoms with Crippen LogP contribution in [0.5, 0.6) is 0 Å². The van der Waals surface area contributed by atoms with Crippen LogP contribution in [0.15, 0.2) is 12.5 Å². The van der Waals surface area contributed by atoms with E-state index in [1.54, 1.807) is 7.11 Å². The van der Waals surface area contributed by atoms with Crippen LogP contribution in [0.1, 0.15) is 44.5 Å². The lowest BCUT2D eigenvalue weighted by Gasteiger charge is -2.52. The number of nitrogens with zero attached hydrogens (tertiary/aromatic N) is 2. The van der Waals surface area contributed by atoms with Crippen molar-refractivity contribution < 1.29 is 9.47 Å². The molecule has 2 fully saturated rings. The van der Waals surface area contributed by atoms with Crippen molar-refractivity contribution in [1.82, 2.24) is 9.55 Å². The highest BCUT2D eigenvalue weighted by atomic mass is 16.5. The van der Waals surface area contributed by atoms with E-state index >= 15 is 0 Å². The van der Waals surface area contributed by atoms with Gasteiger partial charge in [-0.15, -0.1) is 0 Å². The number of hydrogen-bond acceptors (Lipinski definition) is 4. The summed E-state index contributed by atoms with van der Waals surface area (Å²) in [5.41, 5.74) is 7.70. The first-order valence-electron chi connectivity index (χ1n) is 7.43. The summed E-state index contributed by atoms with van der Waals surface area (Å²) in [5, 5.41) is 0. The highest BCUT2D eigenvalue weighted by Crippen LogP contribution is 2.51. The van der Waals surface area contributed by atoms with E-state index in [4.69, 9.17) is 15.2 Å². The molecule has 4 atom stereocenters. The lowest BCUT2D eigenvalue weighted by Crippen LogP contribution is -2.51. The van der Waals surface area contributed by atoms with Gasteiger partial charge in [0.25, 0.3) is 0 Å². The van der Waals surface area contributed by atoms with Crippen LogP contribution in [-0.2, 0) is 9.47 Å². The summed E-state index contributed by atoms with van der Waals surface area (Å²) < 4.78 is 13.3. The Morgan fingerprint density at radius 1 is 1.55 bits per heavy atom. The highest BCUT2D eigenvalue weighted by Gasteiger charge is 2.50. The molecule has 2 aliphatic rings. The minimum absolute atomic E-state index is 0.0115. The zero-order chi connectivity index (χ0) is 14.3. The van der Waals surface area contributed by atoms with Crippen LogP contribution >= 0.6 is 0 Å². The summed E-state index contributed by atoms with van der Waals surface area (Å²) in [6.07, 6.45) is 6.22. The number of aromatic nitrogens is 2. The second-order valence-corrected chi connectivity index (χ2v) is 6.67. The summed E-state index contributed by atoms with van der Waals surface area (Å²) in [6.45, 7) is 6.10.